The summed E-state index contributed by atoms with van der Waals surface area (Å²) >= 11 is 0. The Morgan fingerprint density at radius 2 is 1.16 bits per heavy atom. The number of nitrogens with zero attached hydrogens (tertiary/aromatic N) is 2. The lowest BCUT2D eigenvalue weighted by molar-refractivity contribution is 0.713. The van der Waals surface area contributed by atoms with Gasteiger partial charge in [-0.25, -0.2) is 0 Å². The van der Waals surface area contributed by atoms with Crippen LogP contribution in [0.1, 0.15) is 48.7 Å². The summed E-state index contributed by atoms with van der Waals surface area (Å²) in [4.78, 5) is 0. The van der Waals surface area contributed by atoms with Crippen LogP contribution in [0.3, 0.4) is 0 Å². The molecule has 0 radical (unpaired) electrons. The molecule has 2 nitrogen and oxygen atoms in total. The minimum absolute atomic E-state index is 0.494. The molecular formula is C54H40N2. The molecule has 0 N–H and O–H groups in total. The Morgan fingerprint density at radius 1 is 0.500 bits per heavy atom. The first-order valence-corrected chi connectivity index (χ1v) is 20.1. The van der Waals surface area contributed by atoms with E-state index in [1.54, 1.807) is 0 Å². The lowest BCUT2D eigenvalue weighted by Crippen LogP contribution is -2.08. The lowest BCUT2D eigenvalue weighted by atomic mass is 9.88. The van der Waals surface area contributed by atoms with Gasteiger partial charge in [0.25, 0.3) is 0 Å². The molecule has 0 aliphatic heterocycles. The molecule has 0 bridgehead atoms. The van der Waals surface area contributed by atoms with Crippen molar-refractivity contribution in [1.29, 1.82) is 0 Å². The minimum Gasteiger partial charge on any atom is -0.313 e. The van der Waals surface area contributed by atoms with Crippen molar-refractivity contribution < 1.29 is 0 Å². The summed E-state index contributed by atoms with van der Waals surface area (Å²) in [6.07, 6.45) is 11.7. The van der Waals surface area contributed by atoms with Crippen LogP contribution in [0, 0.1) is 5.92 Å². The van der Waals surface area contributed by atoms with Crippen molar-refractivity contribution >= 4 is 44.7 Å². The molecule has 2 aromatic heterocycles. The summed E-state index contributed by atoms with van der Waals surface area (Å²) in [7, 11) is 0. The van der Waals surface area contributed by atoms with Gasteiger partial charge in [0.05, 0.1) is 11.0 Å². The Balaban J connectivity index is 0.985. The van der Waals surface area contributed by atoms with Crippen molar-refractivity contribution in [3.63, 3.8) is 0 Å². The number of hydrogen-bond acceptors (Lipinski definition) is 0. The first-order chi connectivity index (χ1) is 27.6. The average Bonchev–Trinajstić information content (AvgIpc) is 3.73. The van der Waals surface area contributed by atoms with E-state index < -0.39 is 0 Å². The van der Waals surface area contributed by atoms with Crippen LogP contribution in [0.4, 0.5) is 0 Å². The maximum absolute atomic E-state index is 2.54. The van der Waals surface area contributed by atoms with Crippen molar-refractivity contribution in [2.75, 3.05) is 0 Å². The fraction of sp³-hybridized carbons (Fsp3) is 0.111. The van der Waals surface area contributed by atoms with Crippen LogP contribution in [-0.4, -0.2) is 9.13 Å². The first kappa shape index (κ1) is 31.7. The fourth-order valence-corrected chi connectivity index (χ4v) is 10.2. The minimum atomic E-state index is 0.494. The van der Waals surface area contributed by atoms with Crippen molar-refractivity contribution in [1.82, 2.24) is 9.13 Å². The van der Waals surface area contributed by atoms with Gasteiger partial charge in [-0.05, 0) is 140 Å². The summed E-state index contributed by atoms with van der Waals surface area (Å²) in [6.45, 7) is 4.70. The van der Waals surface area contributed by atoms with Gasteiger partial charge < -0.3 is 9.13 Å². The second-order valence-electron chi connectivity index (χ2n) is 16.2. The molecule has 2 unspecified atom stereocenters. The summed E-state index contributed by atoms with van der Waals surface area (Å²) < 4.78 is 5.01. The molecule has 3 aliphatic rings. The van der Waals surface area contributed by atoms with Gasteiger partial charge in [0, 0.05) is 39.5 Å². The van der Waals surface area contributed by atoms with E-state index in [4.69, 9.17) is 0 Å². The second kappa shape index (κ2) is 11.9. The third kappa shape index (κ3) is 4.50. The van der Waals surface area contributed by atoms with Crippen molar-refractivity contribution in [3.8, 4) is 55.9 Å². The van der Waals surface area contributed by atoms with Gasteiger partial charge in [0.1, 0.15) is 0 Å². The second-order valence-corrected chi connectivity index (χ2v) is 16.2. The lowest BCUT2D eigenvalue weighted by Gasteiger charge is -2.20. The zero-order valence-corrected chi connectivity index (χ0v) is 31.6. The average molecular weight is 717 g/mol. The smallest absolute Gasteiger partial charge is 0.0547 e. The highest BCUT2D eigenvalue weighted by Gasteiger charge is 2.29. The Kier molecular flexibility index (Phi) is 6.75. The van der Waals surface area contributed by atoms with Gasteiger partial charge in [0.15, 0.2) is 0 Å². The van der Waals surface area contributed by atoms with Crippen LogP contribution in [0.15, 0.2) is 158 Å². The van der Waals surface area contributed by atoms with E-state index in [-0.39, 0.29) is 0 Å². The molecule has 2 heteroatoms. The molecule has 9 aromatic rings. The van der Waals surface area contributed by atoms with E-state index in [0.717, 1.165) is 12.8 Å². The summed E-state index contributed by atoms with van der Waals surface area (Å²) in [6, 6.07) is 54.5. The van der Waals surface area contributed by atoms with Gasteiger partial charge in [-0.3, -0.25) is 0 Å². The van der Waals surface area contributed by atoms with Crippen LogP contribution in [0.5, 0.6) is 0 Å². The van der Waals surface area contributed by atoms with Gasteiger partial charge in [-0.2, -0.15) is 0 Å². The Hall–Kier alpha value is -6.64. The molecule has 0 amide bonds. The molecule has 12 rings (SSSR count). The zero-order valence-electron chi connectivity index (χ0n) is 31.6. The maximum Gasteiger partial charge on any atom is 0.0547 e. The quantitative estimate of drug-likeness (QED) is 0.172. The highest BCUT2D eigenvalue weighted by atomic mass is 15.0. The van der Waals surface area contributed by atoms with Gasteiger partial charge >= 0.3 is 0 Å². The standard InChI is InChI=1S/C54H40N2/c1-33-18-28-48-46(30-33)45-16-8-10-34(2)54(45)56(48)41-26-21-37(22-27-41)36-19-24-40(25-20-36)55-49-17-9-15-44-42-13-6-7-14-43(42)47-32-39(35-11-4-3-5-12-35)31-38-23-29-50(55)53(51(38)47)52(44)49/h3-9,11-29,31-34H,10,30H2,1-2H3. The van der Waals surface area contributed by atoms with E-state index in [0.29, 0.717) is 11.8 Å². The molecule has 2 atom stereocenters. The molecule has 0 saturated carbocycles. The third-order valence-electron chi connectivity index (χ3n) is 12.8. The number of benzene rings is 7. The van der Waals surface area contributed by atoms with E-state index in [2.05, 4.69) is 193 Å². The zero-order chi connectivity index (χ0) is 37.1. The molecule has 266 valence electrons. The Bertz CT molecular complexity index is 3130. The van der Waals surface area contributed by atoms with E-state index in [9.17, 15) is 0 Å². The summed E-state index contributed by atoms with van der Waals surface area (Å²) in [5.74, 6) is 1.06. The van der Waals surface area contributed by atoms with Crippen LogP contribution in [-0.2, 0) is 6.42 Å². The van der Waals surface area contributed by atoms with E-state index in [1.807, 2.05) is 0 Å². The van der Waals surface area contributed by atoms with Crippen LogP contribution < -0.4 is 0 Å². The molecule has 0 saturated heterocycles. The molecule has 56 heavy (non-hydrogen) atoms. The number of allylic oxidation sites excluding steroid dienone is 2. The predicted molar refractivity (Wildman–Crippen MR) is 237 cm³/mol. The Morgan fingerprint density at radius 3 is 1.93 bits per heavy atom. The molecule has 2 heterocycles. The normalized spacial score (nSPS) is 16.5. The van der Waals surface area contributed by atoms with Gasteiger partial charge in [-0.1, -0.05) is 129 Å². The highest BCUT2D eigenvalue weighted by molar-refractivity contribution is 6.30. The molecule has 7 aromatic carbocycles. The molecular weight excluding hydrogens is 677 g/mol. The van der Waals surface area contributed by atoms with Crippen molar-refractivity contribution in [2.45, 2.75) is 32.6 Å². The third-order valence-corrected chi connectivity index (χ3v) is 12.8. The largest absolute Gasteiger partial charge is 0.313 e. The molecule has 0 fully saturated rings. The number of aromatic nitrogens is 2. The Labute approximate surface area is 327 Å². The molecule has 0 spiro atoms. The topological polar surface area (TPSA) is 9.86 Å². The summed E-state index contributed by atoms with van der Waals surface area (Å²) in [5, 5.41) is 5.27. The van der Waals surface area contributed by atoms with Crippen LogP contribution in [0.2, 0.25) is 0 Å². The first-order valence-electron chi connectivity index (χ1n) is 20.1. The van der Waals surface area contributed by atoms with Crippen LogP contribution >= 0.6 is 0 Å². The van der Waals surface area contributed by atoms with E-state index >= 15 is 0 Å². The monoisotopic (exact) mass is 716 g/mol. The number of rotatable bonds is 4. The molecule has 3 aliphatic carbocycles. The number of fused-ring (bicyclic) bond motifs is 6. The van der Waals surface area contributed by atoms with Gasteiger partial charge in [-0.15, -0.1) is 0 Å². The SMILES string of the molecule is CC1C=Cc2c(c3c(n2-c2ccc(-c4ccc(-n5c6cccc7c6c6c8c(cc(-c9ccccc9)cc8ccc65)-c5ccccc5-7)cc4)cc2)C(C)CC=C3)C1. The summed E-state index contributed by atoms with van der Waals surface area (Å²) in [5.41, 5.74) is 20.8. The van der Waals surface area contributed by atoms with Gasteiger partial charge in [0.2, 0.25) is 0 Å². The van der Waals surface area contributed by atoms with Crippen LogP contribution in [0.25, 0.3) is 101 Å². The van der Waals surface area contributed by atoms with E-state index in [1.165, 1.54) is 111 Å². The number of hydrogen-bond donors (Lipinski definition) is 0. The fourth-order valence-electron chi connectivity index (χ4n) is 10.2. The van der Waals surface area contributed by atoms with Crippen molar-refractivity contribution in [2.24, 2.45) is 5.92 Å². The predicted octanol–water partition coefficient (Wildman–Crippen LogP) is 14.4. The maximum atomic E-state index is 2.54. The highest BCUT2D eigenvalue weighted by Crippen LogP contribution is 2.51. The van der Waals surface area contributed by atoms with Crippen molar-refractivity contribution in [3.05, 3.63) is 180 Å².